The van der Waals surface area contributed by atoms with Crippen molar-refractivity contribution in [2.24, 2.45) is 0 Å². The van der Waals surface area contributed by atoms with E-state index in [1.165, 1.54) is 4.88 Å². The van der Waals surface area contributed by atoms with Crippen LogP contribution in [0.3, 0.4) is 0 Å². The molecule has 1 atom stereocenters. The average Bonchev–Trinajstić information content (AvgIpc) is 2.80. The van der Waals surface area contributed by atoms with Gasteiger partial charge in [0.15, 0.2) is 0 Å². The molecular formula is C16H22N2OS. The van der Waals surface area contributed by atoms with Gasteiger partial charge >= 0.3 is 0 Å². The first-order valence-corrected chi connectivity index (χ1v) is 7.74. The van der Waals surface area contributed by atoms with Crippen molar-refractivity contribution in [3.05, 3.63) is 34.8 Å². The monoisotopic (exact) mass is 290 g/mol. The topological polar surface area (TPSA) is 34.1 Å². The van der Waals surface area contributed by atoms with Crippen LogP contribution in [0.2, 0.25) is 0 Å². The molecule has 1 unspecified atom stereocenters. The normalized spacial score (nSPS) is 12.7. The summed E-state index contributed by atoms with van der Waals surface area (Å²) in [6.07, 6.45) is 0.200. The molecule has 3 nitrogen and oxygen atoms in total. The van der Waals surface area contributed by atoms with E-state index in [1.807, 2.05) is 33.0 Å². The maximum absolute atomic E-state index is 5.66. The van der Waals surface area contributed by atoms with Crippen LogP contribution in [0.4, 0.5) is 0 Å². The van der Waals surface area contributed by atoms with Gasteiger partial charge < -0.3 is 10.1 Å². The Kier molecular flexibility index (Phi) is 4.78. The minimum atomic E-state index is 0.200. The number of hydrogen-bond acceptors (Lipinski definition) is 4. The van der Waals surface area contributed by atoms with Crippen LogP contribution in [0, 0.1) is 6.92 Å². The molecule has 1 heterocycles. The fourth-order valence-corrected chi connectivity index (χ4v) is 3.15. The van der Waals surface area contributed by atoms with Gasteiger partial charge in [0.05, 0.1) is 11.8 Å². The molecule has 1 N–H and O–H groups in total. The third kappa shape index (κ3) is 3.38. The molecule has 0 aliphatic carbocycles. The molecule has 0 fully saturated rings. The van der Waals surface area contributed by atoms with Crippen molar-refractivity contribution >= 4 is 11.3 Å². The molecule has 1 aromatic heterocycles. The number of nitrogens with zero attached hydrogens (tertiary/aromatic N) is 1. The Balaban J connectivity index is 2.23. The lowest BCUT2D eigenvalue weighted by Crippen LogP contribution is -2.11. The van der Waals surface area contributed by atoms with Gasteiger partial charge in [0, 0.05) is 16.5 Å². The van der Waals surface area contributed by atoms with E-state index in [0.717, 1.165) is 22.0 Å². The third-order valence-corrected chi connectivity index (χ3v) is 4.52. The van der Waals surface area contributed by atoms with Gasteiger partial charge in [-0.05, 0) is 59.0 Å². The molecule has 20 heavy (non-hydrogen) atoms. The molecule has 0 radical (unpaired) electrons. The smallest absolute Gasteiger partial charge is 0.123 e. The van der Waals surface area contributed by atoms with Gasteiger partial charge in [-0.25, -0.2) is 4.98 Å². The number of thiazole rings is 1. The molecule has 0 saturated carbocycles. The molecular weight excluding hydrogens is 268 g/mol. The van der Waals surface area contributed by atoms with E-state index < -0.39 is 0 Å². The van der Waals surface area contributed by atoms with Gasteiger partial charge in [-0.3, -0.25) is 0 Å². The van der Waals surface area contributed by atoms with Crippen LogP contribution in [0.25, 0.3) is 10.6 Å². The van der Waals surface area contributed by atoms with E-state index in [2.05, 4.69) is 36.3 Å². The lowest BCUT2D eigenvalue weighted by atomic mass is 10.2. The Morgan fingerprint density at radius 1 is 1.15 bits per heavy atom. The zero-order chi connectivity index (χ0) is 14.7. The van der Waals surface area contributed by atoms with Crippen LogP contribution in [-0.4, -0.2) is 18.1 Å². The number of aryl methyl sites for hydroxylation is 1. The van der Waals surface area contributed by atoms with E-state index >= 15 is 0 Å². The number of hydrogen-bond donors (Lipinski definition) is 1. The van der Waals surface area contributed by atoms with Crippen LogP contribution >= 0.6 is 11.3 Å². The standard InChI is InChI=1S/C16H22N2OS/c1-10(2)19-14-8-6-13(7-9-14)16-18-12(4)15(20-16)11(3)17-5/h6-11,17H,1-5H3. The molecule has 0 aliphatic rings. The summed E-state index contributed by atoms with van der Waals surface area (Å²) in [4.78, 5) is 5.97. The van der Waals surface area contributed by atoms with Gasteiger partial charge in [0.1, 0.15) is 10.8 Å². The summed E-state index contributed by atoms with van der Waals surface area (Å²) >= 11 is 1.75. The number of nitrogens with one attached hydrogen (secondary N) is 1. The van der Waals surface area contributed by atoms with E-state index in [1.54, 1.807) is 11.3 Å². The quantitative estimate of drug-likeness (QED) is 0.896. The fourth-order valence-electron chi connectivity index (χ4n) is 2.01. The number of rotatable bonds is 5. The molecule has 0 amide bonds. The number of benzene rings is 1. The summed E-state index contributed by atoms with van der Waals surface area (Å²) in [5.41, 5.74) is 2.25. The predicted molar refractivity (Wildman–Crippen MR) is 85.5 cm³/mol. The molecule has 108 valence electrons. The van der Waals surface area contributed by atoms with Crippen molar-refractivity contribution < 1.29 is 4.74 Å². The lowest BCUT2D eigenvalue weighted by Gasteiger charge is -2.09. The van der Waals surface area contributed by atoms with Gasteiger partial charge in [0.25, 0.3) is 0 Å². The first-order valence-electron chi connectivity index (χ1n) is 6.93. The first kappa shape index (κ1) is 15.0. The Morgan fingerprint density at radius 2 is 1.80 bits per heavy atom. The fraction of sp³-hybridized carbons (Fsp3) is 0.438. The van der Waals surface area contributed by atoms with E-state index in [0.29, 0.717) is 6.04 Å². The van der Waals surface area contributed by atoms with Crippen molar-refractivity contribution in [2.75, 3.05) is 7.05 Å². The van der Waals surface area contributed by atoms with Crippen LogP contribution in [0.1, 0.15) is 37.4 Å². The van der Waals surface area contributed by atoms with Crippen molar-refractivity contribution in [1.29, 1.82) is 0 Å². The van der Waals surface area contributed by atoms with Crippen molar-refractivity contribution in [2.45, 2.75) is 39.8 Å². The van der Waals surface area contributed by atoms with Gasteiger partial charge in [0.2, 0.25) is 0 Å². The van der Waals surface area contributed by atoms with Gasteiger partial charge in [-0.1, -0.05) is 0 Å². The van der Waals surface area contributed by atoms with Crippen LogP contribution in [0.5, 0.6) is 5.75 Å². The largest absolute Gasteiger partial charge is 0.491 e. The van der Waals surface area contributed by atoms with Crippen LogP contribution < -0.4 is 10.1 Å². The summed E-state index contributed by atoms with van der Waals surface area (Å²) in [7, 11) is 1.97. The Morgan fingerprint density at radius 3 is 2.35 bits per heavy atom. The van der Waals surface area contributed by atoms with E-state index in [-0.39, 0.29) is 6.10 Å². The summed E-state index contributed by atoms with van der Waals surface area (Å²) in [5.74, 6) is 0.904. The minimum absolute atomic E-state index is 0.200. The van der Waals surface area contributed by atoms with E-state index in [4.69, 9.17) is 4.74 Å². The van der Waals surface area contributed by atoms with Crippen molar-refractivity contribution in [1.82, 2.24) is 10.3 Å². The summed E-state index contributed by atoms with van der Waals surface area (Å²) < 4.78 is 5.66. The Labute approximate surface area is 125 Å². The summed E-state index contributed by atoms with van der Waals surface area (Å²) in [6, 6.07) is 8.50. The molecule has 2 rings (SSSR count). The molecule has 0 aliphatic heterocycles. The van der Waals surface area contributed by atoms with Gasteiger partial charge in [-0.2, -0.15) is 0 Å². The second-order valence-corrected chi connectivity index (χ2v) is 6.20. The highest BCUT2D eigenvalue weighted by atomic mass is 32.1. The zero-order valence-electron chi connectivity index (χ0n) is 12.7. The Hall–Kier alpha value is -1.39. The van der Waals surface area contributed by atoms with E-state index in [9.17, 15) is 0 Å². The maximum atomic E-state index is 5.66. The molecule has 0 spiro atoms. The third-order valence-electron chi connectivity index (χ3n) is 3.13. The highest BCUT2D eigenvalue weighted by Crippen LogP contribution is 2.32. The Bertz CT molecular complexity index is 560. The SMILES string of the molecule is CNC(C)c1sc(-c2ccc(OC(C)C)cc2)nc1C. The average molecular weight is 290 g/mol. The minimum Gasteiger partial charge on any atom is -0.491 e. The first-order chi connectivity index (χ1) is 9.51. The van der Waals surface area contributed by atoms with Crippen molar-refractivity contribution in [3.8, 4) is 16.3 Å². The predicted octanol–water partition coefficient (Wildman–Crippen LogP) is 4.19. The van der Waals surface area contributed by atoms with Gasteiger partial charge in [-0.15, -0.1) is 11.3 Å². The van der Waals surface area contributed by atoms with Crippen LogP contribution in [-0.2, 0) is 0 Å². The maximum Gasteiger partial charge on any atom is 0.123 e. The zero-order valence-corrected chi connectivity index (χ0v) is 13.5. The number of aromatic nitrogens is 1. The number of ether oxygens (including phenoxy) is 1. The lowest BCUT2D eigenvalue weighted by molar-refractivity contribution is 0.242. The summed E-state index contributed by atoms with van der Waals surface area (Å²) in [5, 5.41) is 4.33. The molecule has 0 saturated heterocycles. The summed E-state index contributed by atoms with van der Waals surface area (Å²) in [6.45, 7) is 8.29. The molecule has 1 aromatic carbocycles. The second kappa shape index (κ2) is 6.37. The second-order valence-electron chi connectivity index (χ2n) is 5.17. The molecule has 2 aromatic rings. The highest BCUT2D eigenvalue weighted by molar-refractivity contribution is 7.15. The van der Waals surface area contributed by atoms with Crippen LogP contribution in [0.15, 0.2) is 24.3 Å². The van der Waals surface area contributed by atoms with Crippen molar-refractivity contribution in [3.63, 3.8) is 0 Å². The molecule has 0 bridgehead atoms. The molecule has 4 heteroatoms. The highest BCUT2D eigenvalue weighted by Gasteiger charge is 2.13.